The number of hydrogen-bond acceptors (Lipinski definition) is 3. The summed E-state index contributed by atoms with van der Waals surface area (Å²) in [6.07, 6.45) is 4.72. The van der Waals surface area contributed by atoms with E-state index in [1.165, 1.54) is 5.56 Å². The average Bonchev–Trinajstić information content (AvgIpc) is 3.35. The average molecular weight is 462 g/mol. The minimum atomic E-state index is -0.253. The number of carbonyl (C=O) groups excluding carboxylic acids is 1. The van der Waals surface area contributed by atoms with Crippen LogP contribution in [0.5, 0.6) is 0 Å². The number of pyridine rings is 1. The van der Waals surface area contributed by atoms with Crippen LogP contribution in [0.2, 0.25) is 0 Å². The van der Waals surface area contributed by atoms with Crippen molar-refractivity contribution >= 4 is 50.1 Å². The molecule has 2 aromatic heterocycles. The van der Waals surface area contributed by atoms with Crippen molar-refractivity contribution in [2.24, 2.45) is 0 Å². The van der Waals surface area contributed by atoms with Gasteiger partial charge in [0.15, 0.2) is 0 Å². The lowest BCUT2D eigenvalue weighted by atomic mass is 10.1. The summed E-state index contributed by atoms with van der Waals surface area (Å²) in [5.74, 6) is 0. The van der Waals surface area contributed by atoms with Crippen molar-refractivity contribution in [3.8, 4) is 0 Å². The van der Waals surface area contributed by atoms with Crippen molar-refractivity contribution in [1.29, 1.82) is 0 Å². The van der Waals surface area contributed by atoms with E-state index in [1.54, 1.807) is 6.20 Å². The summed E-state index contributed by atoms with van der Waals surface area (Å²) >= 11 is 3.46. The first kappa shape index (κ1) is 18.7. The molecule has 1 aliphatic rings. The van der Waals surface area contributed by atoms with Gasteiger partial charge in [-0.1, -0.05) is 18.2 Å². The van der Waals surface area contributed by atoms with Gasteiger partial charge in [0.2, 0.25) is 0 Å². The van der Waals surface area contributed by atoms with Gasteiger partial charge in [-0.05, 0) is 64.3 Å². The van der Waals surface area contributed by atoms with E-state index in [0.717, 1.165) is 57.6 Å². The van der Waals surface area contributed by atoms with Crippen LogP contribution in [0, 0.1) is 0 Å². The summed E-state index contributed by atoms with van der Waals surface area (Å²) in [6.45, 7) is 1.71. The molecule has 7 heteroatoms. The maximum Gasteiger partial charge on any atom is 0.323 e. The number of urea groups is 1. The molecule has 0 fully saturated rings. The van der Waals surface area contributed by atoms with E-state index in [1.807, 2.05) is 48.7 Å². The number of rotatable bonds is 4. The third kappa shape index (κ3) is 3.52. The molecule has 30 heavy (non-hydrogen) atoms. The van der Waals surface area contributed by atoms with Crippen LogP contribution in [0.4, 0.5) is 21.9 Å². The molecule has 0 bridgehead atoms. The number of para-hydroxylation sites is 1. The lowest BCUT2D eigenvalue weighted by Crippen LogP contribution is -2.20. The molecule has 0 saturated carbocycles. The van der Waals surface area contributed by atoms with Crippen LogP contribution < -0.4 is 15.5 Å². The molecule has 0 unspecified atom stereocenters. The van der Waals surface area contributed by atoms with Crippen molar-refractivity contribution in [3.63, 3.8) is 0 Å². The Hall–Kier alpha value is -3.32. The van der Waals surface area contributed by atoms with Crippen LogP contribution in [0.1, 0.15) is 11.1 Å². The van der Waals surface area contributed by atoms with Crippen LogP contribution in [0.25, 0.3) is 11.0 Å². The van der Waals surface area contributed by atoms with Crippen LogP contribution in [0.15, 0.2) is 71.5 Å². The maximum absolute atomic E-state index is 12.6. The highest BCUT2D eigenvalue weighted by Gasteiger charge is 2.23. The fraction of sp³-hybridized carbons (Fsp3) is 0.130. The number of nitrogens with zero attached hydrogens (tertiary/aromatic N) is 2. The van der Waals surface area contributed by atoms with Gasteiger partial charge < -0.3 is 20.5 Å². The highest BCUT2D eigenvalue weighted by molar-refractivity contribution is 9.10. The minimum Gasteiger partial charge on any atom is -0.367 e. The summed E-state index contributed by atoms with van der Waals surface area (Å²) in [5, 5.41) is 7.06. The van der Waals surface area contributed by atoms with Gasteiger partial charge in [0.05, 0.1) is 5.69 Å². The second-order valence-electron chi connectivity index (χ2n) is 7.25. The first-order chi connectivity index (χ1) is 14.7. The number of hydrogen-bond donors (Lipinski definition) is 3. The molecule has 2 amide bonds. The van der Waals surface area contributed by atoms with Gasteiger partial charge in [0.25, 0.3) is 0 Å². The fourth-order valence-electron chi connectivity index (χ4n) is 3.97. The topological polar surface area (TPSA) is 73.1 Å². The van der Waals surface area contributed by atoms with E-state index in [4.69, 9.17) is 0 Å². The summed E-state index contributed by atoms with van der Waals surface area (Å²) in [7, 11) is 0. The zero-order valence-corrected chi connectivity index (χ0v) is 17.7. The lowest BCUT2D eigenvalue weighted by molar-refractivity contribution is 0.262. The molecule has 0 radical (unpaired) electrons. The third-order valence-corrected chi connectivity index (χ3v) is 6.08. The van der Waals surface area contributed by atoms with E-state index in [2.05, 4.69) is 53.6 Å². The number of aromatic nitrogens is 2. The Morgan fingerprint density at radius 1 is 1.07 bits per heavy atom. The maximum atomic E-state index is 12.6. The first-order valence-corrected chi connectivity index (χ1v) is 10.6. The summed E-state index contributed by atoms with van der Waals surface area (Å²) in [5.41, 5.74) is 6.03. The van der Waals surface area contributed by atoms with Crippen LogP contribution >= 0.6 is 15.9 Å². The first-order valence-electron chi connectivity index (χ1n) is 9.79. The normalized spacial score (nSPS) is 12.8. The number of H-pyrrole nitrogens is 1. The molecule has 6 nitrogen and oxygen atoms in total. The molecular weight excluding hydrogens is 442 g/mol. The van der Waals surface area contributed by atoms with Crippen molar-refractivity contribution in [3.05, 3.63) is 82.6 Å². The van der Waals surface area contributed by atoms with E-state index in [0.29, 0.717) is 0 Å². The number of anilines is 3. The van der Waals surface area contributed by atoms with E-state index in [9.17, 15) is 4.79 Å². The summed E-state index contributed by atoms with van der Waals surface area (Å²) in [6, 6.07) is 17.4. The zero-order chi connectivity index (χ0) is 20.5. The number of benzene rings is 2. The Labute approximate surface area is 182 Å². The molecule has 0 atom stereocenters. The van der Waals surface area contributed by atoms with Gasteiger partial charge in [-0.3, -0.25) is 0 Å². The van der Waals surface area contributed by atoms with E-state index >= 15 is 0 Å². The third-order valence-electron chi connectivity index (χ3n) is 5.39. The molecule has 5 rings (SSSR count). The van der Waals surface area contributed by atoms with Gasteiger partial charge in [-0.25, -0.2) is 9.78 Å². The molecule has 4 aromatic rings. The second-order valence-corrected chi connectivity index (χ2v) is 8.10. The molecule has 3 N–H and O–H groups in total. The highest BCUT2D eigenvalue weighted by atomic mass is 79.9. The van der Waals surface area contributed by atoms with Crippen LogP contribution in [-0.2, 0) is 13.0 Å². The lowest BCUT2D eigenvalue weighted by Gasteiger charge is -2.19. The minimum absolute atomic E-state index is 0.253. The summed E-state index contributed by atoms with van der Waals surface area (Å²) in [4.78, 5) is 22.5. The van der Waals surface area contributed by atoms with Crippen LogP contribution in [-0.4, -0.2) is 22.5 Å². The zero-order valence-electron chi connectivity index (χ0n) is 16.2. The Balaban J connectivity index is 1.34. The van der Waals surface area contributed by atoms with Gasteiger partial charge >= 0.3 is 6.03 Å². The molecule has 3 heterocycles. The quantitative estimate of drug-likeness (QED) is 0.373. The molecule has 0 spiro atoms. The molecule has 150 valence electrons. The molecule has 1 aliphatic heterocycles. The number of nitrogens with one attached hydrogen (secondary N) is 3. The molecule has 2 aromatic carbocycles. The Morgan fingerprint density at radius 3 is 2.80 bits per heavy atom. The number of aromatic amines is 1. The van der Waals surface area contributed by atoms with Crippen molar-refractivity contribution in [2.75, 3.05) is 22.1 Å². The Bertz CT molecular complexity index is 1240. The monoisotopic (exact) mass is 461 g/mol. The molecular formula is C23H20BrN5O. The predicted molar refractivity (Wildman–Crippen MR) is 124 cm³/mol. The van der Waals surface area contributed by atoms with Crippen LogP contribution in [0.3, 0.4) is 0 Å². The SMILES string of the molecule is O=C(Nc1ccccc1Br)Nc1cccc2c1CCN2Cc1c[nH]c2ncccc12. The van der Waals surface area contributed by atoms with Crippen molar-refractivity contribution in [1.82, 2.24) is 9.97 Å². The highest BCUT2D eigenvalue weighted by Crippen LogP contribution is 2.35. The second kappa shape index (κ2) is 7.84. The predicted octanol–water partition coefficient (Wildman–Crippen LogP) is 5.53. The number of fused-ring (bicyclic) bond motifs is 2. The van der Waals surface area contributed by atoms with Crippen molar-refractivity contribution in [2.45, 2.75) is 13.0 Å². The smallest absolute Gasteiger partial charge is 0.323 e. The number of amides is 2. The summed E-state index contributed by atoms with van der Waals surface area (Å²) < 4.78 is 0.845. The Morgan fingerprint density at radius 2 is 1.90 bits per heavy atom. The fourth-order valence-corrected chi connectivity index (χ4v) is 4.35. The largest absolute Gasteiger partial charge is 0.367 e. The number of halogens is 1. The van der Waals surface area contributed by atoms with Gasteiger partial charge in [0.1, 0.15) is 5.65 Å². The standard InChI is InChI=1S/C23H20BrN5O/c24-18-6-1-2-7-20(18)28-23(30)27-19-8-3-9-21-17(19)10-12-29(21)14-15-13-26-22-16(15)5-4-11-25-22/h1-9,11,13H,10,12,14H2,(H,25,26)(H2,27,28,30). The van der Waals surface area contributed by atoms with Gasteiger partial charge in [-0.15, -0.1) is 0 Å². The van der Waals surface area contributed by atoms with E-state index < -0.39 is 0 Å². The van der Waals surface area contributed by atoms with Gasteiger partial charge in [-0.2, -0.15) is 0 Å². The van der Waals surface area contributed by atoms with E-state index in [-0.39, 0.29) is 6.03 Å². The molecule has 0 saturated heterocycles. The van der Waals surface area contributed by atoms with Gasteiger partial charge in [0, 0.05) is 52.3 Å². The Kier molecular flexibility index (Phi) is 4.88. The molecule has 0 aliphatic carbocycles. The van der Waals surface area contributed by atoms with Crippen molar-refractivity contribution < 1.29 is 4.79 Å². The number of carbonyl (C=O) groups is 1.